The van der Waals surface area contributed by atoms with Crippen LogP contribution < -0.4 is 10.6 Å². The summed E-state index contributed by atoms with van der Waals surface area (Å²) in [5.41, 5.74) is 2.31. The van der Waals surface area contributed by atoms with Crippen molar-refractivity contribution in [3.8, 4) is 0 Å². The zero-order chi connectivity index (χ0) is 15.1. The summed E-state index contributed by atoms with van der Waals surface area (Å²) in [6.45, 7) is 1.82. The molecule has 0 radical (unpaired) electrons. The van der Waals surface area contributed by atoms with Crippen molar-refractivity contribution in [3.05, 3.63) is 24.1 Å². The number of anilines is 1. The van der Waals surface area contributed by atoms with E-state index in [9.17, 15) is 4.79 Å². The third-order valence-corrected chi connectivity index (χ3v) is 4.94. The smallest absolute Gasteiger partial charge is 0.241 e. The molecular formula is C17H23Cl2N3O2. The van der Waals surface area contributed by atoms with Crippen LogP contribution in [-0.2, 0) is 4.79 Å². The number of carbonyl (C=O) groups excluding carboxylic acids is 1. The Morgan fingerprint density at radius 3 is 2.88 bits per heavy atom. The number of hydrogen-bond acceptors (Lipinski definition) is 4. The fraction of sp³-hybridized carbons (Fsp3) is 0.529. The lowest BCUT2D eigenvalue weighted by molar-refractivity contribution is -0.117. The SMILES string of the molecule is Cc1nc2cc(NC(=O)C3CC4CCCCC4N3)ccc2o1.Cl.Cl. The van der Waals surface area contributed by atoms with Crippen LogP contribution in [0.3, 0.4) is 0 Å². The number of benzene rings is 1. The van der Waals surface area contributed by atoms with Gasteiger partial charge in [0.2, 0.25) is 5.91 Å². The monoisotopic (exact) mass is 371 g/mol. The molecule has 2 N–H and O–H groups in total. The summed E-state index contributed by atoms with van der Waals surface area (Å²) in [6.07, 6.45) is 6.01. The van der Waals surface area contributed by atoms with Crippen LogP contribution in [0.15, 0.2) is 22.6 Å². The van der Waals surface area contributed by atoms with Gasteiger partial charge < -0.3 is 15.1 Å². The van der Waals surface area contributed by atoms with E-state index in [4.69, 9.17) is 4.42 Å². The highest BCUT2D eigenvalue weighted by Crippen LogP contribution is 2.33. The first-order chi connectivity index (χ1) is 10.7. The van der Waals surface area contributed by atoms with E-state index >= 15 is 0 Å². The molecule has 24 heavy (non-hydrogen) atoms. The zero-order valence-electron chi connectivity index (χ0n) is 13.6. The van der Waals surface area contributed by atoms with E-state index in [0.29, 0.717) is 17.9 Å². The van der Waals surface area contributed by atoms with Crippen molar-refractivity contribution in [1.82, 2.24) is 10.3 Å². The molecule has 1 aliphatic carbocycles. The molecule has 1 amide bonds. The van der Waals surface area contributed by atoms with Gasteiger partial charge in [0.05, 0.1) is 6.04 Å². The van der Waals surface area contributed by atoms with Crippen molar-refractivity contribution in [1.29, 1.82) is 0 Å². The number of rotatable bonds is 2. The number of carbonyl (C=O) groups is 1. The van der Waals surface area contributed by atoms with Gasteiger partial charge in [-0.05, 0) is 43.4 Å². The Balaban J connectivity index is 0.00000104. The van der Waals surface area contributed by atoms with Crippen LogP contribution in [0.5, 0.6) is 0 Å². The van der Waals surface area contributed by atoms with Gasteiger partial charge in [0, 0.05) is 18.7 Å². The number of nitrogens with one attached hydrogen (secondary N) is 2. The van der Waals surface area contributed by atoms with Crippen molar-refractivity contribution < 1.29 is 9.21 Å². The Bertz CT molecular complexity index is 705. The molecule has 2 aromatic rings. The predicted octanol–water partition coefficient (Wildman–Crippen LogP) is 3.84. The minimum Gasteiger partial charge on any atom is -0.441 e. The van der Waals surface area contributed by atoms with Gasteiger partial charge in [-0.15, -0.1) is 24.8 Å². The molecule has 1 aromatic heterocycles. The molecule has 2 aliphatic rings. The van der Waals surface area contributed by atoms with Crippen LogP contribution in [0.4, 0.5) is 5.69 Å². The summed E-state index contributed by atoms with van der Waals surface area (Å²) < 4.78 is 5.46. The lowest BCUT2D eigenvalue weighted by Gasteiger charge is -2.24. The number of oxazole rings is 1. The Morgan fingerprint density at radius 1 is 1.29 bits per heavy atom. The van der Waals surface area contributed by atoms with Gasteiger partial charge in [0.15, 0.2) is 11.5 Å². The van der Waals surface area contributed by atoms with Crippen molar-refractivity contribution in [2.75, 3.05) is 5.32 Å². The normalized spacial score (nSPS) is 25.5. The second-order valence-electron chi connectivity index (χ2n) is 6.51. The van der Waals surface area contributed by atoms with Gasteiger partial charge in [0.25, 0.3) is 0 Å². The standard InChI is InChI=1S/C17H21N3O2.2ClH/c1-10-18-14-9-12(6-7-16(14)22-10)19-17(21)15-8-11-4-2-3-5-13(11)20-15;;/h6-7,9,11,13,15,20H,2-5,8H2,1H3,(H,19,21);2*1H. The largest absolute Gasteiger partial charge is 0.441 e. The first-order valence-corrected chi connectivity index (χ1v) is 8.13. The maximum absolute atomic E-state index is 12.5. The maximum atomic E-state index is 12.5. The second-order valence-corrected chi connectivity index (χ2v) is 6.51. The van der Waals surface area contributed by atoms with E-state index in [1.54, 1.807) is 0 Å². The lowest BCUT2D eigenvalue weighted by atomic mass is 9.85. The number of aryl methyl sites for hydroxylation is 1. The Kier molecular flexibility index (Phi) is 6.12. The van der Waals surface area contributed by atoms with E-state index in [-0.39, 0.29) is 36.8 Å². The molecule has 7 heteroatoms. The molecule has 2 fully saturated rings. The highest BCUT2D eigenvalue weighted by Gasteiger charge is 2.38. The summed E-state index contributed by atoms with van der Waals surface area (Å²) >= 11 is 0. The zero-order valence-corrected chi connectivity index (χ0v) is 15.2. The lowest BCUT2D eigenvalue weighted by Crippen LogP contribution is -2.39. The number of hydrogen-bond donors (Lipinski definition) is 2. The molecule has 0 spiro atoms. The minimum atomic E-state index is -0.0668. The first kappa shape index (κ1) is 19.0. The van der Waals surface area contributed by atoms with Crippen molar-refractivity contribution in [2.24, 2.45) is 5.92 Å². The second kappa shape index (κ2) is 7.72. The van der Waals surface area contributed by atoms with E-state index < -0.39 is 0 Å². The summed E-state index contributed by atoms with van der Waals surface area (Å²) in [5.74, 6) is 1.37. The van der Waals surface area contributed by atoms with E-state index in [0.717, 1.165) is 23.2 Å². The molecule has 132 valence electrons. The summed E-state index contributed by atoms with van der Waals surface area (Å²) in [5, 5.41) is 6.52. The highest BCUT2D eigenvalue weighted by atomic mass is 35.5. The Hall–Kier alpha value is -1.30. The average molecular weight is 372 g/mol. The van der Waals surface area contributed by atoms with Gasteiger partial charge in [-0.2, -0.15) is 0 Å². The summed E-state index contributed by atoms with van der Waals surface area (Å²) in [6, 6.07) is 6.05. The van der Waals surface area contributed by atoms with E-state index in [1.807, 2.05) is 25.1 Å². The molecule has 5 nitrogen and oxygen atoms in total. The van der Waals surface area contributed by atoms with Crippen LogP contribution in [0.1, 0.15) is 38.0 Å². The van der Waals surface area contributed by atoms with Gasteiger partial charge in [0.1, 0.15) is 5.52 Å². The van der Waals surface area contributed by atoms with Crippen molar-refractivity contribution in [3.63, 3.8) is 0 Å². The maximum Gasteiger partial charge on any atom is 0.241 e. The molecule has 2 heterocycles. The third kappa shape index (κ3) is 3.68. The van der Waals surface area contributed by atoms with Crippen LogP contribution >= 0.6 is 24.8 Å². The summed E-state index contributed by atoms with van der Waals surface area (Å²) in [7, 11) is 0. The average Bonchev–Trinajstić information content (AvgIpc) is 3.08. The molecule has 1 saturated carbocycles. The van der Waals surface area contributed by atoms with Gasteiger partial charge in [-0.1, -0.05) is 12.8 Å². The summed E-state index contributed by atoms with van der Waals surface area (Å²) in [4.78, 5) is 16.8. The molecule has 3 atom stereocenters. The molecular weight excluding hydrogens is 349 g/mol. The molecule has 0 bridgehead atoms. The minimum absolute atomic E-state index is 0. The number of halogens is 2. The van der Waals surface area contributed by atoms with Gasteiger partial charge >= 0.3 is 0 Å². The molecule has 4 rings (SSSR count). The predicted molar refractivity (Wildman–Crippen MR) is 99.2 cm³/mol. The number of amides is 1. The third-order valence-electron chi connectivity index (χ3n) is 4.94. The van der Waals surface area contributed by atoms with E-state index in [2.05, 4.69) is 15.6 Å². The number of aromatic nitrogens is 1. The van der Waals surface area contributed by atoms with Crippen LogP contribution in [0.25, 0.3) is 11.1 Å². The number of nitrogens with zero attached hydrogens (tertiary/aromatic N) is 1. The first-order valence-electron chi connectivity index (χ1n) is 8.13. The van der Waals surface area contributed by atoms with Crippen molar-refractivity contribution >= 4 is 47.5 Å². The fourth-order valence-electron chi connectivity index (χ4n) is 3.87. The van der Waals surface area contributed by atoms with Crippen LogP contribution in [-0.4, -0.2) is 23.0 Å². The topological polar surface area (TPSA) is 67.2 Å². The highest BCUT2D eigenvalue weighted by molar-refractivity contribution is 5.96. The van der Waals surface area contributed by atoms with E-state index in [1.165, 1.54) is 25.7 Å². The van der Waals surface area contributed by atoms with Crippen molar-refractivity contribution in [2.45, 2.75) is 51.1 Å². The number of fused-ring (bicyclic) bond motifs is 2. The van der Waals surface area contributed by atoms with Crippen LogP contribution in [0, 0.1) is 12.8 Å². The Labute approximate surface area is 153 Å². The molecule has 1 aliphatic heterocycles. The van der Waals surface area contributed by atoms with Gasteiger partial charge in [-0.25, -0.2) is 4.98 Å². The molecule has 1 saturated heterocycles. The molecule has 1 aromatic carbocycles. The molecule has 3 unspecified atom stereocenters. The quantitative estimate of drug-likeness (QED) is 0.841. The Morgan fingerprint density at radius 2 is 2.08 bits per heavy atom. The van der Waals surface area contributed by atoms with Gasteiger partial charge in [-0.3, -0.25) is 4.79 Å². The fourth-order valence-corrected chi connectivity index (χ4v) is 3.87. The van der Waals surface area contributed by atoms with Crippen LogP contribution in [0.2, 0.25) is 0 Å².